The Morgan fingerprint density at radius 2 is 0.667 bits per heavy atom. The molecule has 0 aliphatic carbocycles. The highest BCUT2D eigenvalue weighted by molar-refractivity contribution is 6.10. The zero-order chi connectivity index (χ0) is 31.6. The number of hydrogen-bond donors (Lipinski definition) is 0. The van der Waals surface area contributed by atoms with Crippen LogP contribution in [-0.4, -0.2) is 19.1 Å². The molecule has 10 rings (SSSR count). The van der Waals surface area contributed by atoms with Gasteiger partial charge in [-0.15, -0.1) is 0 Å². The van der Waals surface area contributed by atoms with Crippen molar-refractivity contribution in [3.05, 3.63) is 170 Å². The van der Waals surface area contributed by atoms with Crippen molar-refractivity contribution in [1.29, 1.82) is 0 Å². The molecule has 0 unspecified atom stereocenters. The van der Waals surface area contributed by atoms with Gasteiger partial charge in [-0.25, -0.2) is 9.97 Å². The van der Waals surface area contributed by atoms with Gasteiger partial charge in [-0.05, 0) is 71.8 Å². The number of fused-ring (bicyclic) bond motifs is 7. The Kier molecular flexibility index (Phi) is 5.84. The molecule has 224 valence electrons. The maximum atomic E-state index is 4.73. The van der Waals surface area contributed by atoms with Gasteiger partial charge in [0, 0.05) is 61.8 Å². The third kappa shape index (κ3) is 4.10. The minimum atomic E-state index is 0.742. The van der Waals surface area contributed by atoms with Gasteiger partial charge in [0.2, 0.25) is 0 Å². The molecule has 0 fully saturated rings. The van der Waals surface area contributed by atoms with Crippen LogP contribution in [0.4, 0.5) is 0 Å². The molecular formula is C44H28N4. The maximum Gasteiger partial charge on any atom is 0.159 e. The molecule has 0 aliphatic heterocycles. The number of nitrogens with zero attached hydrogens (tertiary/aromatic N) is 4. The first-order valence-corrected chi connectivity index (χ1v) is 16.2. The van der Waals surface area contributed by atoms with Crippen LogP contribution in [0.3, 0.4) is 0 Å². The predicted octanol–water partition coefficient (Wildman–Crippen LogP) is 11.2. The molecule has 48 heavy (non-hydrogen) atoms. The molecule has 4 heterocycles. The smallest absolute Gasteiger partial charge is 0.159 e. The Morgan fingerprint density at radius 1 is 0.333 bits per heavy atom. The number of para-hydroxylation sites is 4. The van der Waals surface area contributed by atoms with Crippen LogP contribution in [0.15, 0.2) is 170 Å². The van der Waals surface area contributed by atoms with Crippen molar-refractivity contribution in [3.63, 3.8) is 0 Å². The summed E-state index contributed by atoms with van der Waals surface area (Å²) < 4.78 is 4.69. The van der Waals surface area contributed by atoms with Crippen LogP contribution in [0, 0.1) is 0 Å². The molecule has 0 spiro atoms. The lowest BCUT2D eigenvalue weighted by atomic mass is 10.0. The third-order valence-electron chi connectivity index (χ3n) is 9.61. The monoisotopic (exact) mass is 612 g/mol. The third-order valence-corrected chi connectivity index (χ3v) is 9.61. The SMILES string of the molecule is c1ccc2c(c1)c1ccccc1n2-c1ccc(-c2cnc3ncc(-c4ccc(-n5c6ccccc6c6ccccc65)cc4)cc3c2)cc1. The minimum absolute atomic E-state index is 0.742. The standard InChI is InChI=1S/C44H28N4/c1-5-13-40-36(9-1)37-10-2-6-14-41(37)47(40)34-21-17-29(18-22-34)32-25-31-26-33(28-46-44(31)45-27-32)30-19-23-35(24-20-30)48-42-15-7-3-11-38(42)39-12-4-8-16-43(39)48/h1-28H. The maximum absolute atomic E-state index is 4.73. The summed E-state index contributed by atoms with van der Waals surface area (Å²) in [5, 5.41) is 6.07. The second kappa shape index (κ2) is 10.5. The van der Waals surface area contributed by atoms with Gasteiger partial charge < -0.3 is 9.13 Å². The van der Waals surface area contributed by atoms with Crippen molar-refractivity contribution >= 4 is 54.6 Å². The molecule has 4 aromatic heterocycles. The Bertz CT molecular complexity index is 2520. The van der Waals surface area contributed by atoms with Crippen molar-refractivity contribution in [2.75, 3.05) is 0 Å². The fraction of sp³-hybridized carbons (Fsp3) is 0. The van der Waals surface area contributed by atoms with Crippen molar-refractivity contribution < 1.29 is 0 Å². The van der Waals surface area contributed by atoms with Gasteiger partial charge >= 0.3 is 0 Å². The zero-order valence-electron chi connectivity index (χ0n) is 26.0. The number of benzene rings is 6. The molecule has 6 aromatic carbocycles. The number of pyridine rings is 2. The molecule has 0 aliphatic rings. The van der Waals surface area contributed by atoms with Gasteiger partial charge in [0.15, 0.2) is 5.65 Å². The Labute approximate surface area is 276 Å². The van der Waals surface area contributed by atoms with Crippen LogP contribution in [-0.2, 0) is 0 Å². The molecule has 4 heteroatoms. The van der Waals surface area contributed by atoms with Crippen molar-refractivity contribution in [2.24, 2.45) is 0 Å². The molecule has 0 saturated heterocycles. The van der Waals surface area contributed by atoms with E-state index in [2.05, 4.69) is 167 Å². The van der Waals surface area contributed by atoms with Crippen molar-refractivity contribution in [2.45, 2.75) is 0 Å². The minimum Gasteiger partial charge on any atom is -0.309 e. The van der Waals surface area contributed by atoms with E-state index in [1.807, 2.05) is 12.4 Å². The molecular weight excluding hydrogens is 585 g/mol. The molecule has 0 amide bonds. The first-order chi connectivity index (χ1) is 23.8. The summed E-state index contributed by atoms with van der Waals surface area (Å²) in [6.45, 7) is 0. The molecule has 4 nitrogen and oxygen atoms in total. The molecule has 0 radical (unpaired) electrons. The summed E-state index contributed by atoms with van der Waals surface area (Å²) in [6, 6.07) is 56.4. The van der Waals surface area contributed by atoms with Crippen LogP contribution < -0.4 is 0 Å². The van der Waals surface area contributed by atoms with E-state index in [-0.39, 0.29) is 0 Å². The van der Waals surface area contributed by atoms with E-state index in [9.17, 15) is 0 Å². The van der Waals surface area contributed by atoms with Gasteiger partial charge in [-0.2, -0.15) is 0 Å². The number of hydrogen-bond acceptors (Lipinski definition) is 2. The molecule has 0 atom stereocenters. The van der Waals surface area contributed by atoms with E-state index in [0.29, 0.717) is 0 Å². The largest absolute Gasteiger partial charge is 0.309 e. The number of rotatable bonds is 4. The lowest BCUT2D eigenvalue weighted by Gasteiger charge is -2.10. The normalized spacial score (nSPS) is 11.8. The van der Waals surface area contributed by atoms with Gasteiger partial charge in [0.25, 0.3) is 0 Å². The molecule has 0 bridgehead atoms. The van der Waals surface area contributed by atoms with Crippen LogP contribution in [0.1, 0.15) is 0 Å². The zero-order valence-corrected chi connectivity index (χ0v) is 26.0. The van der Waals surface area contributed by atoms with E-state index in [1.54, 1.807) is 0 Å². The summed E-state index contributed by atoms with van der Waals surface area (Å²) in [4.78, 5) is 9.47. The second-order valence-corrected chi connectivity index (χ2v) is 12.3. The van der Waals surface area contributed by atoms with Crippen LogP contribution in [0.5, 0.6) is 0 Å². The average Bonchev–Trinajstić information content (AvgIpc) is 3.68. The van der Waals surface area contributed by atoms with Gasteiger partial charge in [-0.1, -0.05) is 97.1 Å². The fourth-order valence-electron chi connectivity index (χ4n) is 7.35. The van der Waals surface area contributed by atoms with Crippen LogP contribution >= 0.6 is 0 Å². The summed E-state index contributed by atoms with van der Waals surface area (Å²) in [5.74, 6) is 0. The lowest BCUT2D eigenvalue weighted by molar-refractivity contribution is 1.18. The van der Waals surface area contributed by atoms with E-state index < -0.39 is 0 Å². The highest BCUT2D eigenvalue weighted by atomic mass is 15.0. The van der Waals surface area contributed by atoms with E-state index in [4.69, 9.17) is 9.97 Å². The van der Waals surface area contributed by atoms with Gasteiger partial charge in [-0.3, -0.25) is 0 Å². The lowest BCUT2D eigenvalue weighted by Crippen LogP contribution is -1.94. The number of aromatic nitrogens is 4. The summed E-state index contributed by atoms with van der Waals surface area (Å²) >= 11 is 0. The first-order valence-electron chi connectivity index (χ1n) is 16.2. The van der Waals surface area contributed by atoms with Crippen LogP contribution in [0.25, 0.3) is 88.3 Å². The molecule has 0 saturated carbocycles. The summed E-state index contributed by atoms with van der Waals surface area (Å²) in [6.07, 6.45) is 3.84. The van der Waals surface area contributed by atoms with Gasteiger partial charge in [0.1, 0.15) is 0 Å². The summed E-state index contributed by atoms with van der Waals surface area (Å²) in [5.41, 5.74) is 12.2. The summed E-state index contributed by atoms with van der Waals surface area (Å²) in [7, 11) is 0. The quantitative estimate of drug-likeness (QED) is 0.198. The van der Waals surface area contributed by atoms with E-state index >= 15 is 0 Å². The highest BCUT2D eigenvalue weighted by Crippen LogP contribution is 2.35. The van der Waals surface area contributed by atoms with Crippen molar-refractivity contribution in [3.8, 4) is 33.6 Å². The molecule has 0 N–H and O–H groups in total. The van der Waals surface area contributed by atoms with Gasteiger partial charge in [0.05, 0.1) is 22.1 Å². The second-order valence-electron chi connectivity index (χ2n) is 12.3. The predicted molar refractivity (Wildman–Crippen MR) is 199 cm³/mol. The first kappa shape index (κ1) is 26.7. The Balaban J connectivity index is 0.994. The topological polar surface area (TPSA) is 35.6 Å². The van der Waals surface area contributed by atoms with Crippen molar-refractivity contribution in [1.82, 2.24) is 19.1 Å². The average molecular weight is 613 g/mol. The fourth-order valence-corrected chi connectivity index (χ4v) is 7.35. The van der Waals surface area contributed by atoms with E-state index in [0.717, 1.165) is 44.7 Å². The molecule has 10 aromatic rings. The van der Waals surface area contributed by atoms with Crippen LogP contribution in [0.2, 0.25) is 0 Å². The Hall–Kier alpha value is -6.52. The Morgan fingerprint density at radius 3 is 1.02 bits per heavy atom. The van der Waals surface area contributed by atoms with E-state index in [1.165, 1.54) is 43.6 Å². The highest BCUT2D eigenvalue weighted by Gasteiger charge is 2.13.